The summed E-state index contributed by atoms with van der Waals surface area (Å²) in [5.41, 5.74) is 0. The first kappa shape index (κ1) is 21.5. The third-order valence-electron chi connectivity index (χ3n) is 4.53. The first-order chi connectivity index (χ1) is 11.9. The second-order valence-corrected chi connectivity index (χ2v) is 7.38. The lowest BCUT2D eigenvalue weighted by Gasteiger charge is -2.36. The maximum atomic E-state index is 12.2. The van der Waals surface area contributed by atoms with Crippen LogP contribution in [0.2, 0.25) is 0 Å². The van der Waals surface area contributed by atoms with Gasteiger partial charge in [-0.2, -0.15) is 0 Å². The molecule has 144 valence electrons. The molecule has 25 heavy (non-hydrogen) atoms. The van der Waals surface area contributed by atoms with Gasteiger partial charge in [0.15, 0.2) is 0 Å². The molecule has 4 atom stereocenters. The molecule has 1 rings (SSSR count). The molecule has 1 fully saturated rings. The molecule has 6 heteroatoms. The summed E-state index contributed by atoms with van der Waals surface area (Å²) in [6.07, 6.45) is 6.38. The van der Waals surface area contributed by atoms with Crippen molar-refractivity contribution in [3.05, 3.63) is 0 Å². The minimum atomic E-state index is -0.631. The average molecular weight is 355 g/mol. The molecule has 0 aliphatic carbocycles. The van der Waals surface area contributed by atoms with Gasteiger partial charge in [0.25, 0.3) is 0 Å². The van der Waals surface area contributed by atoms with Crippen LogP contribution in [0.4, 0.5) is 0 Å². The van der Waals surface area contributed by atoms with Crippen molar-refractivity contribution in [2.24, 2.45) is 11.8 Å². The predicted molar refractivity (Wildman–Crippen MR) is 94.7 cm³/mol. The van der Waals surface area contributed by atoms with Gasteiger partial charge in [-0.25, -0.2) is 4.79 Å². The van der Waals surface area contributed by atoms with E-state index in [-0.39, 0.29) is 30.0 Å². The van der Waals surface area contributed by atoms with Crippen molar-refractivity contribution in [2.75, 3.05) is 0 Å². The standard InChI is InChI=1S/C19H33NO5/c1-5-6-7-8-9-15-17(25-18(15)22)11-14(4)24-19(23)16(20-12-21)10-13(2)3/h12-17H,5-11H2,1-4H3,(H,20,21)/t14-,15-,16-,17-/m0/s1. The van der Waals surface area contributed by atoms with Crippen molar-refractivity contribution >= 4 is 18.3 Å². The number of rotatable bonds is 13. The lowest BCUT2D eigenvalue weighted by atomic mass is 9.87. The summed E-state index contributed by atoms with van der Waals surface area (Å²) in [4.78, 5) is 34.5. The van der Waals surface area contributed by atoms with Crippen LogP contribution in [0.3, 0.4) is 0 Å². The van der Waals surface area contributed by atoms with E-state index in [1.165, 1.54) is 6.42 Å². The minimum Gasteiger partial charge on any atom is -0.461 e. The molecule has 0 aromatic heterocycles. The van der Waals surface area contributed by atoms with Crippen LogP contribution in [0.5, 0.6) is 0 Å². The third-order valence-corrected chi connectivity index (χ3v) is 4.53. The Balaban J connectivity index is 2.41. The lowest BCUT2D eigenvalue weighted by Crippen LogP contribution is -2.47. The van der Waals surface area contributed by atoms with Gasteiger partial charge >= 0.3 is 11.9 Å². The molecule has 1 heterocycles. The molecule has 0 aromatic carbocycles. The highest BCUT2D eigenvalue weighted by Crippen LogP contribution is 2.31. The lowest BCUT2D eigenvalue weighted by molar-refractivity contribution is -0.189. The average Bonchev–Trinajstić information content (AvgIpc) is 2.53. The second-order valence-electron chi connectivity index (χ2n) is 7.38. The van der Waals surface area contributed by atoms with E-state index in [0.717, 1.165) is 25.7 Å². The Labute approximate surface area is 151 Å². The van der Waals surface area contributed by atoms with Gasteiger partial charge in [-0.1, -0.05) is 46.5 Å². The molecule has 6 nitrogen and oxygen atoms in total. The van der Waals surface area contributed by atoms with Crippen molar-refractivity contribution in [1.82, 2.24) is 5.32 Å². The normalized spacial score (nSPS) is 21.9. The number of cyclic esters (lactones) is 1. The van der Waals surface area contributed by atoms with Crippen molar-refractivity contribution in [3.63, 3.8) is 0 Å². The van der Waals surface area contributed by atoms with E-state index in [0.29, 0.717) is 19.3 Å². The smallest absolute Gasteiger partial charge is 0.328 e. The van der Waals surface area contributed by atoms with Gasteiger partial charge in [-0.3, -0.25) is 9.59 Å². The van der Waals surface area contributed by atoms with E-state index in [1.54, 1.807) is 6.92 Å². The van der Waals surface area contributed by atoms with Gasteiger partial charge in [-0.15, -0.1) is 0 Å². The Bertz CT molecular complexity index is 438. The molecular weight excluding hydrogens is 322 g/mol. The molecule has 0 bridgehead atoms. The fourth-order valence-corrected chi connectivity index (χ4v) is 3.15. The van der Waals surface area contributed by atoms with Crippen LogP contribution in [0.25, 0.3) is 0 Å². The fourth-order valence-electron chi connectivity index (χ4n) is 3.15. The molecule has 0 aromatic rings. The van der Waals surface area contributed by atoms with Gasteiger partial charge in [0.2, 0.25) is 6.41 Å². The SMILES string of the molecule is CCCCCC[C@@H]1C(=O)O[C@H]1C[C@H](C)OC(=O)[C@H](CC(C)C)NC=O. The Morgan fingerprint density at radius 1 is 1.28 bits per heavy atom. The first-order valence-electron chi connectivity index (χ1n) is 9.49. The van der Waals surface area contributed by atoms with E-state index < -0.39 is 12.0 Å². The zero-order valence-corrected chi connectivity index (χ0v) is 16.0. The van der Waals surface area contributed by atoms with Gasteiger partial charge in [0, 0.05) is 6.42 Å². The van der Waals surface area contributed by atoms with Gasteiger partial charge in [-0.05, 0) is 25.7 Å². The highest BCUT2D eigenvalue weighted by molar-refractivity contribution is 5.79. The zero-order valence-electron chi connectivity index (χ0n) is 16.0. The maximum absolute atomic E-state index is 12.2. The van der Waals surface area contributed by atoms with Crippen LogP contribution >= 0.6 is 0 Å². The zero-order chi connectivity index (χ0) is 18.8. The van der Waals surface area contributed by atoms with Crippen molar-refractivity contribution in [1.29, 1.82) is 0 Å². The molecule has 1 amide bonds. The topological polar surface area (TPSA) is 81.7 Å². The predicted octanol–water partition coefficient (Wildman–Crippen LogP) is 2.98. The summed E-state index contributed by atoms with van der Waals surface area (Å²) < 4.78 is 10.7. The minimum absolute atomic E-state index is 0.0717. The van der Waals surface area contributed by atoms with Gasteiger partial charge < -0.3 is 14.8 Å². The van der Waals surface area contributed by atoms with E-state index in [4.69, 9.17) is 9.47 Å². The van der Waals surface area contributed by atoms with Crippen LogP contribution in [0, 0.1) is 11.8 Å². The summed E-state index contributed by atoms with van der Waals surface area (Å²) in [6, 6.07) is -0.631. The monoisotopic (exact) mass is 355 g/mol. The van der Waals surface area contributed by atoms with Crippen molar-refractivity contribution in [3.8, 4) is 0 Å². The van der Waals surface area contributed by atoms with E-state index in [2.05, 4.69) is 12.2 Å². The molecule has 1 aliphatic heterocycles. The van der Waals surface area contributed by atoms with E-state index >= 15 is 0 Å². The van der Waals surface area contributed by atoms with E-state index in [1.807, 2.05) is 13.8 Å². The Morgan fingerprint density at radius 3 is 2.56 bits per heavy atom. The van der Waals surface area contributed by atoms with Gasteiger partial charge in [0.05, 0.1) is 5.92 Å². The largest absolute Gasteiger partial charge is 0.461 e. The third kappa shape index (κ3) is 7.45. The van der Waals surface area contributed by atoms with Crippen LogP contribution < -0.4 is 5.32 Å². The summed E-state index contributed by atoms with van der Waals surface area (Å²) in [6.45, 7) is 7.91. The fraction of sp³-hybridized carbons (Fsp3) is 0.842. The summed E-state index contributed by atoms with van der Waals surface area (Å²) in [7, 11) is 0. The Kier molecular flexibility index (Phi) is 9.53. The van der Waals surface area contributed by atoms with E-state index in [9.17, 15) is 14.4 Å². The number of unbranched alkanes of at least 4 members (excludes halogenated alkanes) is 3. The Morgan fingerprint density at radius 2 is 2.00 bits per heavy atom. The highest BCUT2D eigenvalue weighted by Gasteiger charge is 2.42. The number of nitrogens with one attached hydrogen (secondary N) is 1. The number of esters is 2. The second kappa shape index (κ2) is 11.1. The quantitative estimate of drug-likeness (QED) is 0.312. The molecule has 1 N–H and O–H groups in total. The maximum Gasteiger partial charge on any atom is 0.328 e. The summed E-state index contributed by atoms with van der Waals surface area (Å²) in [5, 5.41) is 2.52. The van der Waals surface area contributed by atoms with Crippen LogP contribution in [-0.4, -0.2) is 36.6 Å². The van der Waals surface area contributed by atoms with Crippen LogP contribution in [-0.2, 0) is 23.9 Å². The molecule has 0 saturated carbocycles. The highest BCUT2D eigenvalue weighted by atomic mass is 16.6. The van der Waals surface area contributed by atoms with Crippen LogP contribution in [0.15, 0.2) is 0 Å². The number of carbonyl (C=O) groups is 3. The molecule has 0 unspecified atom stereocenters. The number of hydrogen-bond donors (Lipinski definition) is 1. The van der Waals surface area contributed by atoms with Gasteiger partial charge in [0.1, 0.15) is 18.2 Å². The van der Waals surface area contributed by atoms with Crippen molar-refractivity contribution in [2.45, 2.75) is 90.9 Å². The van der Waals surface area contributed by atoms with Crippen LogP contribution in [0.1, 0.15) is 72.6 Å². The molecule has 1 aliphatic rings. The first-order valence-corrected chi connectivity index (χ1v) is 9.49. The number of carbonyl (C=O) groups excluding carboxylic acids is 3. The molecule has 1 saturated heterocycles. The molecular formula is C19H33NO5. The number of hydrogen-bond acceptors (Lipinski definition) is 5. The number of amides is 1. The summed E-state index contributed by atoms with van der Waals surface area (Å²) in [5.74, 6) is -0.378. The summed E-state index contributed by atoms with van der Waals surface area (Å²) >= 11 is 0. The Hall–Kier alpha value is -1.59. The number of ether oxygens (including phenoxy) is 2. The van der Waals surface area contributed by atoms with Crippen molar-refractivity contribution < 1.29 is 23.9 Å². The molecule has 0 spiro atoms. The molecule has 0 radical (unpaired) electrons.